The van der Waals surface area contributed by atoms with Gasteiger partial charge in [0.2, 0.25) is 0 Å². The Morgan fingerprint density at radius 2 is 1.72 bits per heavy atom. The maximum Gasteiger partial charge on any atom is 0.342 e. The topological polar surface area (TPSA) is 73.9 Å². The molecule has 0 saturated carbocycles. The van der Waals surface area contributed by atoms with E-state index < -0.39 is 18.5 Å². The number of aryl methyl sites for hydroxylation is 1. The standard InChI is InChI=1S/C19H21NO5/c1-4-13-5-7-14(8-6-13)20-18(21)12-25-19(22)16-11-15(23-2)9-10-17(16)24-3/h5-11H,4,12H2,1-3H3,(H,20,21). The number of rotatable bonds is 7. The van der Waals surface area contributed by atoms with Crippen LogP contribution in [0.3, 0.4) is 0 Å². The van der Waals surface area contributed by atoms with Crippen molar-refractivity contribution in [1.82, 2.24) is 0 Å². The van der Waals surface area contributed by atoms with E-state index in [1.165, 1.54) is 25.8 Å². The highest BCUT2D eigenvalue weighted by atomic mass is 16.5. The zero-order valence-corrected chi connectivity index (χ0v) is 14.5. The van der Waals surface area contributed by atoms with Gasteiger partial charge in [-0.05, 0) is 42.3 Å². The van der Waals surface area contributed by atoms with Crippen LogP contribution in [0.5, 0.6) is 11.5 Å². The van der Waals surface area contributed by atoms with Crippen molar-refractivity contribution in [3.63, 3.8) is 0 Å². The van der Waals surface area contributed by atoms with Crippen molar-refractivity contribution in [2.75, 3.05) is 26.1 Å². The predicted molar refractivity (Wildman–Crippen MR) is 94.3 cm³/mol. The molecule has 6 heteroatoms. The Bertz CT molecular complexity index is 740. The highest BCUT2D eigenvalue weighted by molar-refractivity contribution is 5.97. The molecule has 0 fully saturated rings. The number of hydrogen-bond acceptors (Lipinski definition) is 5. The summed E-state index contributed by atoms with van der Waals surface area (Å²) in [6.07, 6.45) is 0.925. The molecule has 0 atom stereocenters. The Kier molecular flexibility index (Phi) is 6.39. The lowest BCUT2D eigenvalue weighted by Gasteiger charge is -2.10. The molecule has 2 aromatic rings. The van der Waals surface area contributed by atoms with Crippen molar-refractivity contribution in [3.05, 3.63) is 53.6 Å². The highest BCUT2D eigenvalue weighted by Gasteiger charge is 2.16. The summed E-state index contributed by atoms with van der Waals surface area (Å²) in [5.41, 5.74) is 2.02. The van der Waals surface area contributed by atoms with Gasteiger partial charge < -0.3 is 19.5 Å². The van der Waals surface area contributed by atoms with E-state index in [1.54, 1.807) is 12.1 Å². The van der Waals surface area contributed by atoms with E-state index in [0.29, 0.717) is 17.2 Å². The number of hydrogen-bond donors (Lipinski definition) is 1. The molecule has 0 saturated heterocycles. The minimum absolute atomic E-state index is 0.196. The van der Waals surface area contributed by atoms with Gasteiger partial charge in [0.1, 0.15) is 17.1 Å². The molecule has 0 aromatic heterocycles. The van der Waals surface area contributed by atoms with Crippen LogP contribution in [0, 0.1) is 0 Å². The van der Waals surface area contributed by atoms with Crippen molar-refractivity contribution in [2.24, 2.45) is 0 Å². The van der Waals surface area contributed by atoms with Crippen LogP contribution >= 0.6 is 0 Å². The Morgan fingerprint density at radius 3 is 2.32 bits per heavy atom. The Balaban J connectivity index is 1.95. The zero-order valence-electron chi connectivity index (χ0n) is 14.5. The quantitative estimate of drug-likeness (QED) is 0.782. The van der Waals surface area contributed by atoms with Gasteiger partial charge in [0.25, 0.3) is 5.91 Å². The van der Waals surface area contributed by atoms with E-state index in [9.17, 15) is 9.59 Å². The first-order chi connectivity index (χ1) is 12.1. The number of amides is 1. The normalized spacial score (nSPS) is 10.0. The van der Waals surface area contributed by atoms with E-state index in [-0.39, 0.29) is 5.56 Å². The van der Waals surface area contributed by atoms with Crippen LogP contribution in [0.15, 0.2) is 42.5 Å². The van der Waals surface area contributed by atoms with Crippen molar-refractivity contribution in [2.45, 2.75) is 13.3 Å². The number of ether oxygens (including phenoxy) is 3. The number of carbonyl (C=O) groups is 2. The Labute approximate surface area is 146 Å². The van der Waals surface area contributed by atoms with Crippen molar-refractivity contribution >= 4 is 17.6 Å². The molecule has 132 valence electrons. The van der Waals surface area contributed by atoms with Gasteiger partial charge in [-0.2, -0.15) is 0 Å². The molecule has 0 unspecified atom stereocenters. The predicted octanol–water partition coefficient (Wildman–Crippen LogP) is 3.06. The average Bonchev–Trinajstić information content (AvgIpc) is 2.66. The summed E-state index contributed by atoms with van der Waals surface area (Å²) in [6, 6.07) is 12.3. The molecule has 2 aromatic carbocycles. The molecule has 0 spiro atoms. The van der Waals surface area contributed by atoms with E-state index in [2.05, 4.69) is 12.2 Å². The third-order valence-electron chi connectivity index (χ3n) is 3.61. The number of esters is 1. The number of nitrogens with one attached hydrogen (secondary N) is 1. The first-order valence-corrected chi connectivity index (χ1v) is 7.85. The molecular weight excluding hydrogens is 322 g/mol. The third-order valence-corrected chi connectivity index (χ3v) is 3.61. The van der Waals surface area contributed by atoms with Gasteiger partial charge in [-0.25, -0.2) is 4.79 Å². The summed E-state index contributed by atoms with van der Waals surface area (Å²) in [7, 11) is 2.94. The van der Waals surface area contributed by atoms with Crippen LogP contribution in [0.25, 0.3) is 0 Å². The molecule has 2 rings (SSSR count). The fourth-order valence-electron chi connectivity index (χ4n) is 2.20. The average molecular weight is 343 g/mol. The molecule has 6 nitrogen and oxygen atoms in total. The van der Waals surface area contributed by atoms with E-state index in [1.807, 2.05) is 24.3 Å². The van der Waals surface area contributed by atoms with Gasteiger partial charge in [-0.15, -0.1) is 0 Å². The summed E-state index contributed by atoms with van der Waals surface area (Å²) in [4.78, 5) is 24.1. The SMILES string of the molecule is CCc1ccc(NC(=O)COC(=O)c2cc(OC)ccc2OC)cc1. The first-order valence-electron chi connectivity index (χ1n) is 7.85. The van der Waals surface area contributed by atoms with Gasteiger partial charge in [0, 0.05) is 5.69 Å². The fraction of sp³-hybridized carbons (Fsp3) is 0.263. The van der Waals surface area contributed by atoms with Crippen molar-refractivity contribution < 1.29 is 23.8 Å². The second-order valence-electron chi connectivity index (χ2n) is 5.24. The smallest absolute Gasteiger partial charge is 0.342 e. The maximum absolute atomic E-state index is 12.2. The van der Waals surface area contributed by atoms with Crippen LogP contribution in [-0.4, -0.2) is 32.7 Å². The highest BCUT2D eigenvalue weighted by Crippen LogP contribution is 2.24. The van der Waals surface area contributed by atoms with Crippen LogP contribution < -0.4 is 14.8 Å². The van der Waals surface area contributed by atoms with Gasteiger partial charge >= 0.3 is 5.97 Å². The number of methoxy groups -OCH3 is 2. The van der Waals surface area contributed by atoms with E-state index >= 15 is 0 Å². The molecule has 0 heterocycles. The number of carbonyl (C=O) groups excluding carboxylic acids is 2. The summed E-state index contributed by atoms with van der Waals surface area (Å²) in [5, 5.41) is 2.68. The van der Waals surface area contributed by atoms with Crippen LogP contribution in [0.1, 0.15) is 22.8 Å². The fourth-order valence-corrected chi connectivity index (χ4v) is 2.20. The largest absolute Gasteiger partial charge is 0.497 e. The van der Waals surface area contributed by atoms with Crippen molar-refractivity contribution in [1.29, 1.82) is 0 Å². The van der Waals surface area contributed by atoms with Crippen molar-refractivity contribution in [3.8, 4) is 11.5 Å². The molecule has 0 aliphatic rings. The van der Waals surface area contributed by atoms with Gasteiger partial charge in [0.05, 0.1) is 14.2 Å². The molecule has 0 radical (unpaired) electrons. The second-order valence-corrected chi connectivity index (χ2v) is 5.24. The number of benzene rings is 2. The molecule has 0 aliphatic heterocycles. The van der Waals surface area contributed by atoms with Crippen LogP contribution in [-0.2, 0) is 16.0 Å². The van der Waals surface area contributed by atoms with E-state index in [0.717, 1.165) is 6.42 Å². The lowest BCUT2D eigenvalue weighted by Crippen LogP contribution is -2.21. The van der Waals surface area contributed by atoms with Gasteiger partial charge in [-0.1, -0.05) is 19.1 Å². The van der Waals surface area contributed by atoms with E-state index in [4.69, 9.17) is 14.2 Å². The van der Waals surface area contributed by atoms with Gasteiger partial charge in [0.15, 0.2) is 6.61 Å². The lowest BCUT2D eigenvalue weighted by atomic mass is 10.1. The summed E-state index contributed by atoms with van der Waals surface area (Å²) >= 11 is 0. The molecule has 0 bridgehead atoms. The molecule has 0 aliphatic carbocycles. The zero-order chi connectivity index (χ0) is 18.2. The molecule has 1 amide bonds. The van der Waals surface area contributed by atoms with Crippen LogP contribution in [0.2, 0.25) is 0 Å². The monoisotopic (exact) mass is 343 g/mol. The maximum atomic E-state index is 12.2. The van der Waals surface area contributed by atoms with Gasteiger partial charge in [-0.3, -0.25) is 4.79 Å². The third kappa shape index (κ3) is 4.97. The summed E-state index contributed by atoms with van der Waals surface area (Å²) in [5.74, 6) is -0.235. The number of anilines is 1. The molecule has 1 N–H and O–H groups in total. The summed E-state index contributed by atoms with van der Waals surface area (Å²) in [6.45, 7) is 1.66. The first kappa shape index (κ1) is 18.3. The lowest BCUT2D eigenvalue weighted by molar-refractivity contribution is -0.119. The Morgan fingerprint density at radius 1 is 1.00 bits per heavy atom. The Hall–Kier alpha value is -3.02. The minimum atomic E-state index is -0.660. The second kappa shape index (κ2) is 8.73. The molecule has 25 heavy (non-hydrogen) atoms. The minimum Gasteiger partial charge on any atom is -0.497 e. The molecular formula is C19H21NO5. The van der Waals surface area contributed by atoms with Crippen LogP contribution in [0.4, 0.5) is 5.69 Å². The summed E-state index contributed by atoms with van der Waals surface area (Å²) < 4.78 is 15.3.